The van der Waals surface area contributed by atoms with Gasteiger partial charge in [-0.2, -0.15) is 5.10 Å². The zero-order valence-electron chi connectivity index (χ0n) is 12.1. The number of nitrogens with zero attached hydrogens (tertiary/aromatic N) is 4. The first-order valence-corrected chi connectivity index (χ1v) is 7.43. The molecule has 1 aliphatic rings. The van der Waals surface area contributed by atoms with E-state index in [4.69, 9.17) is 0 Å². The van der Waals surface area contributed by atoms with Crippen LogP contribution in [0.2, 0.25) is 0 Å². The number of likely N-dealkylation sites (tertiary alicyclic amines) is 1. The average Bonchev–Trinajstić information content (AvgIpc) is 2.92. The summed E-state index contributed by atoms with van der Waals surface area (Å²) in [4.78, 5) is 6.65. The van der Waals surface area contributed by atoms with Crippen LogP contribution in [0.25, 0.3) is 0 Å². The number of aryl methyl sites for hydroxylation is 1. The van der Waals surface area contributed by atoms with Crippen LogP contribution in [0.1, 0.15) is 30.0 Å². The van der Waals surface area contributed by atoms with Crippen LogP contribution in [0.3, 0.4) is 0 Å². The van der Waals surface area contributed by atoms with Crippen molar-refractivity contribution in [1.29, 1.82) is 0 Å². The molecule has 0 unspecified atom stereocenters. The van der Waals surface area contributed by atoms with Crippen molar-refractivity contribution in [1.82, 2.24) is 19.7 Å². The number of hydrogen-bond acceptors (Lipinski definition) is 3. The molecule has 1 fully saturated rings. The minimum atomic E-state index is 0.709. The normalized spacial score (nSPS) is 17.4. The summed E-state index contributed by atoms with van der Waals surface area (Å²) < 4.78 is 2.05. The second-order valence-corrected chi connectivity index (χ2v) is 5.62. The van der Waals surface area contributed by atoms with Crippen molar-refractivity contribution in [3.8, 4) is 0 Å². The van der Waals surface area contributed by atoms with Crippen LogP contribution in [0, 0.1) is 6.92 Å². The largest absolute Gasteiger partial charge is 0.301 e. The topological polar surface area (TPSA) is 34.0 Å². The second kappa shape index (κ2) is 6.18. The van der Waals surface area contributed by atoms with E-state index in [9.17, 15) is 0 Å². The molecular weight excluding hydrogens is 248 g/mol. The van der Waals surface area contributed by atoms with Crippen LogP contribution in [0.4, 0.5) is 0 Å². The summed E-state index contributed by atoms with van der Waals surface area (Å²) >= 11 is 0. The first-order chi connectivity index (χ1) is 9.81. The zero-order chi connectivity index (χ0) is 13.8. The molecule has 0 saturated carbocycles. The Kier molecular flexibility index (Phi) is 4.11. The molecule has 2 aromatic rings. The van der Waals surface area contributed by atoms with Crippen LogP contribution in [0.5, 0.6) is 0 Å². The third-order valence-corrected chi connectivity index (χ3v) is 4.18. The van der Waals surface area contributed by atoms with Crippen LogP contribution in [-0.2, 0) is 6.54 Å². The molecule has 4 nitrogen and oxygen atoms in total. The van der Waals surface area contributed by atoms with E-state index in [2.05, 4.69) is 39.4 Å². The van der Waals surface area contributed by atoms with Crippen molar-refractivity contribution >= 4 is 0 Å². The molecule has 0 atom stereocenters. The van der Waals surface area contributed by atoms with E-state index in [1.165, 1.54) is 31.5 Å². The third-order valence-electron chi connectivity index (χ3n) is 4.18. The lowest BCUT2D eigenvalue weighted by Gasteiger charge is -2.32. The van der Waals surface area contributed by atoms with E-state index >= 15 is 0 Å². The van der Waals surface area contributed by atoms with Crippen molar-refractivity contribution in [2.45, 2.75) is 32.2 Å². The van der Waals surface area contributed by atoms with Crippen molar-refractivity contribution in [3.05, 3.63) is 48.0 Å². The van der Waals surface area contributed by atoms with E-state index < -0.39 is 0 Å². The fourth-order valence-corrected chi connectivity index (χ4v) is 2.96. The standard InChI is InChI=1S/C16H22N4/c1-14-4-11-20(18-14)13-12-19-9-5-16(6-10-19)15-2-7-17-8-3-15/h2-4,7-8,11,16H,5-6,9-10,12-13H2,1H3. The SMILES string of the molecule is Cc1ccn(CCN2CCC(c3ccncc3)CC2)n1. The molecule has 0 radical (unpaired) electrons. The highest BCUT2D eigenvalue weighted by atomic mass is 15.3. The predicted octanol–water partition coefficient (Wildman–Crippen LogP) is 2.47. The molecule has 20 heavy (non-hydrogen) atoms. The maximum atomic E-state index is 4.44. The van der Waals surface area contributed by atoms with E-state index in [0.29, 0.717) is 5.92 Å². The summed E-state index contributed by atoms with van der Waals surface area (Å²) in [5.74, 6) is 0.709. The molecule has 106 valence electrons. The minimum Gasteiger partial charge on any atom is -0.301 e. The van der Waals surface area contributed by atoms with Crippen LogP contribution in [0.15, 0.2) is 36.8 Å². The van der Waals surface area contributed by atoms with E-state index in [1.54, 1.807) is 0 Å². The molecule has 3 heterocycles. The maximum absolute atomic E-state index is 4.44. The molecule has 1 aliphatic heterocycles. The summed E-state index contributed by atoms with van der Waals surface area (Å²) in [7, 11) is 0. The van der Waals surface area contributed by atoms with Gasteiger partial charge in [-0.3, -0.25) is 9.67 Å². The van der Waals surface area contributed by atoms with Gasteiger partial charge in [0.1, 0.15) is 0 Å². The van der Waals surface area contributed by atoms with Gasteiger partial charge >= 0.3 is 0 Å². The Balaban J connectivity index is 1.47. The highest BCUT2D eigenvalue weighted by Crippen LogP contribution is 2.27. The fraction of sp³-hybridized carbons (Fsp3) is 0.500. The Morgan fingerprint density at radius 1 is 1.10 bits per heavy atom. The van der Waals surface area contributed by atoms with Gasteiger partial charge in [0.05, 0.1) is 12.2 Å². The van der Waals surface area contributed by atoms with Gasteiger partial charge in [0.25, 0.3) is 0 Å². The van der Waals surface area contributed by atoms with Gasteiger partial charge in [0.15, 0.2) is 0 Å². The molecule has 0 spiro atoms. The van der Waals surface area contributed by atoms with Crippen LogP contribution >= 0.6 is 0 Å². The van der Waals surface area contributed by atoms with Gasteiger partial charge in [-0.1, -0.05) is 0 Å². The third kappa shape index (κ3) is 3.25. The Labute approximate surface area is 120 Å². The highest BCUT2D eigenvalue weighted by molar-refractivity contribution is 5.16. The lowest BCUT2D eigenvalue weighted by molar-refractivity contribution is 0.202. The van der Waals surface area contributed by atoms with E-state index in [0.717, 1.165) is 18.8 Å². The first-order valence-electron chi connectivity index (χ1n) is 7.43. The van der Waals surface area contributed by atoms with Crippen molar-refractivity contribution < 1.29 is 0 Å². The molecule has 0 N–H and O–H groups in total. The Morgan fingerprint density at radius 2 is 1.85 bits per heavy atom. The zero-order valence-corrected chi connectivity index (χ0v) is 12.1. The second-order valence-electron chi connectivity index (χ2n) is 5.62. The minimum absolute atomic E-state index is 0.709. The van der Waals surface area contributed by atoms with Gasteiger partial charge < -0.3 is 4.90 Å². The van der Waals surface area contributed by atoms with Crippen molar-refractivity contribution in [3.63, 3.8) is 0 Å². The number of aromatic nitrogens is 3. The highest BCUT2D eigenvalue weighted by Gasteiger charge is 2.20. The number of hydrogen-bond donors (Lipinski definition) is 0. The molecule has 3 rings (SSSR count). The molecule has 4 heteroatoms. The molecule has 0 aromatic carbocycles. The van der Waals surface area contributed by atoms with Gasteiger partial charge in [0.2, 0.25) is 0 Å². The molecule has 0 bridgehead atoms. The van der Waals surface area contributed by atoms with Crippen molar-refractivity contribution in [2.75, 3.05) is 19.6 Å². The molecule has 1 saturated heterocycles. The predicted molar refractivity (Wildman–Crippen MR) is 79.6 cm³/mol. The van der Waals surface area contributed by atoms with Gasteiger partial charge in [0, 0.05) is 25.1 Å². The Hall–Kier alpha value is -1.68. The van der Waals surface area contributed by atoms with Crippen LogP contribution in [-0.4, -0.2) is 39.3 Å². The smallest absolute Gasteiger partial charge is 0.0593 e. The molecule has 2 aromatic heterocycles. The Bertz CT molecular complexity index is 526. The van der Waals surface area contributed by atoms with Gasteiger partial charge in [-0.15, -0.1) is 0 Å². The van der Waals surface area contributed by atoms with E-state index in [-0.39, 0.29) is 0 Å². The summed E-state index contributed by atoms with van der Waals surface area (Å²) in [5.41, 5.74) is 2.55. The fourth-order valence-electron chi connectivity index (χ4n) is 2.96. The quantitative estimate of drug-likeness (QED) is 0.856. The number of rotatable bonds is 4. The van der Waals surface area contributed by atoms with E-state index in [1.807, 2.05) is 24.0 Å². The number of pyridine rings is 1. The lowest BCUT2D eigenvalue weighted by atomic mass is 9.90. The van der Waals surface area contributed by atoms with Crippen LogP contribution < -0.4 is 0 Å². The monoisotopic (exact) mass is 270 g/mol. The lowest BCUT2D eigenvalue weighted by Crippen LogP contribution is -2.35. The number of piperidine rings is 1. The summed E-state index contributed by atoms with van der Waals surface area (Å²) in [6, 6.07) is 6.38. The Morgan fingerprint density at radius 3 is 2.50 bits per heavy atom. The summed E-state index contributed by atoms with van der Waals surface area (Å²) in [6.45, 7) is 6.51. The maximum Gasteiger partial charge on any atom is 0.0593 e. The van der Waals surface area contributed by atoms with Gasteiger partial charge in [-0.05, 0) is 62.5 Å². The summed E-state index contributed by atoms with van der Waals surface area (Å²) in [5, 5.41) is 4.44. The van der Waals surface area contributed by atoms with Gasteiger partial charge in [-0.25, -0.2) is 0 Å². The first kappa shape index (κ1) is 13.3. The molecule has 0 aliphatic carbocycles. The summed E-state index contributed by atoms with van der Waals surface area (Å²) in [6.07, 6.45) is 8.38. The molecular formula is C16H22N4. The van der Waals surface area contributed by atoms with Crippen molar-refractivity contribution in [2.24, 2.45) is 0 Å². The molecule has 0 amide bonds. The average molecular weight is 270 g/mol.